The van der Waals surface area contributed by atoms with Crippen molar-refractivity contribution in [2.45, 2.75) is 69.1 Å². The summed E-state index contributed by atoms with van der Waals surface area (Å²) >= 11 is 0. The molecule has 0 aliphatic carbocycles. The molecule has 276 valence electrons. The molecule has 0 saturated carbocycles. The van der Waals surface area contributed by atoms with Crippen LogP contribution in [0.4, 0.5) is 4.79 Å². The van der Waals surface area contributed by atoms with Crippen molar-refractivity contribution in [3.8, 4) is 0 Å². The van der Waals surface area contributed by atoms with Crippen LogP contribution in [0.3, 0.4) is 0 Å². The number of unbranched alkanes of at least 4 members (excludes halogenated alkanes) is 1. The zero-order chi connectivity index (χ0) is 37.8. The topological polar surface area (TPSA) is 244 Å². The molecule has 0 radical (unpaired) electrons. The van der Waals surface area contributed by atoms with Crippen molar-refractivity contribution in [1.82, 2.24) is 31.2 Å². The summed E-state index contributed by atoms with van der Waals surface area (Å²) in [5, 5.41) is 39.5. The van der Waals surface area contributed by atoms with Gasteiger partial charge in [-0.05, 0) is 53.6 Å². The van der Waals surface area contributed by atoms with Crippen molar-refractivity contribution in [2.75, 3.05) is 13.6 Å². The smallest absolute Gasteiger partial charge is 0.326 e. The van der Waals surface area contributed by atoms with Gasteiger partial charge in [0.15, 0.2) is 0 Å². The second kappa shape index (κ2) is 18.3. The first-order valence-corrected chi connectivity index (χ1v) is 16.8. The fourth-order valence-corrected chi connectivity index (χ4v) is 6.15. The molecule has 3 aromatic rings. The number of likely N-dealkylation sites (tertiary alicyclic amines) is 1. The number of carbonyl (C=O) groups is 7. The van der Waals surface area contributed by atoms with Crippen LogP contribution in [0.1, 0.15) is 55.7 Å². The summed E-state index contributed by atoms with van der Waals surface area (Å²) < 4.78 is 0. The summed E-state index contributed by atoms with van der Waals surface area (Å²) in [6.45, 7) is 0.112. The summed E-state index contributed by atoms with van der Waals surface area (Å²) in [6, 6.07) is 11.4. The monoisotopic (exact) mass is 718 g/mol. The van der Waals surface area contributed by atoms with Crippen LogP contribution in [0.5, 0.6) is 0 Å². The number of carbonyl (C=O) groups excluding carboxylic acids is 4. The molecule has 1 aromatic heterocycles. The highest BCUT2D eigenvalue weighted by molar-refractivity contribution is 5.94. The lowest BCUT2D eigenvalue weighted by atomic mass is 9.93. The third-order valence-electron chi connectivity index (χ3n) is 8.91. The number of carboxylic acid groups (broad SMARTS) is 3. The zero-order valence-electron chi connectivity index (χ0n) is 28.5. The van der Waals surface area contributed by atoms with Crippen LogP contribution >= 0.6 is 0 Å². The maximum atomic E-state index is 13.8. The van der Waals surface area contributed by atoms with E-state index in [2.05, 4.69) is 26.3 Å². The number of nitrogens with zero attached hydrogens (tertiary/aromatic N) is 2. The first-order chi connectivity index (χ1) is 24.8. The van der Waals surface area contributed by atoms with Gasteiger partial charge in [-0.15, -0.1) is 0 Å². The van der Waals surface area contributed by atoms with Gasteiger partial charge in [0.1, 0.15) is 18.1 Å². The number of pyridine rings is 1. The zero-order valence-corrected chi connectivity index (χ0v) is 28.5. The van der Waals surface area contributed by atoms with E-state index in [1.165, 1.54) is 4.90 Å². The Morgan fingerprint density at radius 3 is 2.19 bits per heavy atom. The van der Waals surface area contributed by atoms with Crippen molar-refractivity contribution >= 4 is 52.4 Å². The molecule has 16 nitrogen and oxygen atoms in total. The molecular weight excluding hydrogens is 676 g/mol. The van der Waals surface area contributed by atoms with Gasteiger partial charge in [0.05, 0.1) is 12.0 Å². The number of fused-ring (bicyclic) bond motifs is 1. The number of rotatable bonds is 18. The van der Waals surface area contributed by atoms with Crippen LogP contribution in [-0.2, 0) is 35.2 Å². The Morgan fingerprint density at radius 2 is 1.54 bits per heavy atom. The molecule has 1 aliphatic heterocycles. The number of benzene rings is 2. The summed E-state index contributed by atoms with van der Waals surface area (Å²) in [4.78, 5) is 91.9. The number of urea groups is 1. The van der Waals surface area contributed by atoms with Crippen LogP contribution < -0.4 is 21.3 Å². The molecule has 0 spiro atoms. The predicted molar refractivity (Wildman–Crippen MR) is 186 cm³/mol. The number of hydrogen-bond donors (Lipinski definition) is 7. The molecule has 1 saturated heterocycles. The van der Waals surface area contributed by atoms with Crippen molar-refractivity contribution in [3.63, 3.8) is 0 Å². The van der Waals surface area contributed by atoms with Gasteiger partial charge >= 0.3 is 23.9 Å². The molecule has 0 unspecified atom stereocenters. The van der Waals surface area contributed by atoms with Crippen molar-refractivity contribution < 1.29 is 48.9 Å². The van der Waals surface area contributed by atoms with Gasteiger partial charge in [0.2, 0.25) is 17.7 Å². The molecule has 1 fully saturated rings. The van der Waals surface area contributed by atoms with E-state index in [0.29, 0.717) is 12.0 Å². The Bertz CT molecular complexity index is 1790. The number of hydrogen-bond acceptors (Lipinski definition) is 8. The number of aliphatic carboxylic acids is 3. The molecule has 0 bridgehead atoms. The maximum absolute atomic E-state index is 13.8. The normalized spacial score (nSPS) is 17.1. The lowest BCUT2D eigenvalue weighted by Gasteiger charge is -2.26. The third-order valence-corrected chi connectivity index (χ3v) is 8.91. The van der Waals surface area contributed by atoms with Crippen LogP contribution in [-0.4, -0.2) is 98.6 Å². The van der Waals surface area contributed by atoms with Crippen LogP contribution in [0.15, 0.2) is 67.0 Å². The van der Waals surface area contributed by atoms with Crippen LogP contribution in [0.25, 0.3) is 10.8 Å². The van der Waals surface area contributed by atoms with Gasteiger partial charge in [0, 0.05) is 45.2 Å². The predicted octanol–water partition coefficient (Wildman–Crippen LogP) is 1.84. The van der Waals surface area contributed by atoms with E-state index in [-0.39, 0.29) is 38.1 Å². The summed E-state index contributed by atoms with van der Waals surface area (Å²) in [7, 11) is 1.62. The van der Waals surface area contributed by atoms with Crippen molar-refractivity contribution in [3.05, 3.63) is 78.1 Å². The molecule has 7 N–H and O–H groups in total. The molecule has 2 heterocycles. The minimum atomic E-state index is -1.53. The molecule has 2 aromatic carbocycles. The maximum Gasteiger partial charge on any atom is 0.326 e. The Kier molecular flexibility index (Phi) is 13.6. The van der Waals surface area contributed by atoms with E-state index in [9.17, 15) is 43.8 Å². The minimum absolute atomic E-state index is 0.0394. The van der Waals surface area contributed by atoms with Crippen molar-refractivity contribution in [1.29, 1.82) is 0 Å². The van der Waals surface area contributed by atoms with Gasteiger partial charge in [-0.3, -0.25) is 24.2 Å². The number of aromatic nitrogens is 1. The van der Waals surface area contributed by atoms with E-state index >= 15 is 0 Å². The second-order valence-corrected chi connectivity index (χ2v) is 12.6. The number of nitrogens with one attached hydrogen (secondary N) is 4. The fourth-order valence-electron chi connectivity index (χ4n) is 6.15. The second-order valence-electron chi connectivity index (χ2n) is 12.6. The first kappa shape index (κ1) is 38.7. The molecule has 1 aliphatic rings. The third kappa shape index (κ3) is 10.7. The standard InChI is InChI=1S/C36H42N6O10/c1-42-29(43)19-25(31(42)24-9-6-15-37-20-24)32(46)39-28(18-21-11-12-22-7-2-3-8-23(22)17-21)33(47)38-16-5-4-10-26(34(48)49)40-36(52)41-27(35(50)51)13-14-30(44)45/h2-3,6-9,11-12,15,17,20,25-28,31H,4-5,10,13-14,16,18-19H2,1H3,(H,38,47)(H,39,46)(H,44,45)(H,48,49)(H,50,51)(H2,40,41,52)/t25-,26-,27-,28-,31+/m0/s1. The average Bonchev–Trinajstić information content (AvgIpc) is 3.42. The quantitative estimate of drug-likeness (QED) is 0.0936. The summed E-state index contributed by atoms with van der Waals surface area (Å²) in [6.07, 6.45) is 2.90. The lowest BCUT2D eigenvalue weighted by molar-refractivity contribution is -0.141. The average molecular weight is 719 g/mol. The molecule has 4 rings (SSSR count). The van der Waals surface area contributed by atoms with Crippen LogP contribution in [0.2, 0.25) is 0 Å². The lowest BCUT2D eigenvalue weighted by Crippen LogP contribution is -2.51. The summed E-state index contributed by atoms with van der Waals surface area (Å²) in [5.41, 5.74) is 1.49. The summed E-state index contributed by atoms with van der Waals surface area (Å²) in [5.74, 6) is -6.01. The Balaban J connectivity index is 1.38. The van der Waals surface area contributed by atoms with E-state index in [4.69, 9.17) is 5.11 Å². The minimum Gasteiger partial charge on any atom is -0.481 e. The van der Waals surface area contributed by atoms with Crippen LogP contribution in [0, 0.1) is 5.92 Å². The van der Waals surface area contributed by atoms with E-state index in [1.54, 1.807) is 31.6 Å². The van der Waals surface area contributed by atoms with Gasteiger partial charge in [0.25, 0.3) is 0 Å². The van der Waals surface area contributed by atoms with E-state index < -0.39 is 78.7 Å². The number of carboxylic acids is 3. The molecule has 5 atom stereocenters. The SMILES string of the molecule is CN1C(=O)C[C@H](C(=O)N[C@@H](Cc2ccc3ccccc3c2)C(=O)NCCCC[C@H](NC(=O)N[C@@H](CCC(=O)O)C(=O)O)C(=O)O)[C@H]1c1cccnc1. The Labute approximate surface area is 299 Å². The first-order valence-electron chi connectivity index (χ1n) is 16.8. The number of amides is 5. The van der Waals surface area contributed by atoms with Gasteiger partial charge in [-0.1, -0.05) is 48.5 Å². The molecule has 5 amide bonds. The largest absolute Gasteiger partial charge is 0.481 e. The molecular formula is C36H42N6O10. The van der Waals surface area contributed by atoms with Gasteiger partial charge in [-0.25, -0.2) is 14.4 Å². The highest BCUT2D eigenvalue weighted by Crippen LogP contribution is 2.37. The molecule has 52 heavy (non-hydrogen) atoms. The van der Waals surface area contributed by atoms with E-state index in [0.717, 1.165) is 16.3 Å². The highest BCUT2D eigenvalue weighted by Gasteiger charge is 2.43. The van der Waals surface area contributed by atoms with Gasteiger partial charge < -0.3 is 41.5 Å². The Morgan fingerprint density at radius 1 is 0.846 bits per heavy atom. The van der Waals surface area contributed by atoms with Gasteiger partial charge in [-0.2, -0.15) is 0 Å². The fraction of sp³-hybridized carbons (Fsp3) is 0.389. The van der Waals surface area contributed by atoms with Crippen molar-refractivity contribution in [2.24, 2.45) is 5.92 Å². The highest BCUT2D eigenvalue weighted by atomic mass is 16.4. The van der Waals surface area contributed by atoms with E-state index in [1.807, 2.05) is 42.5 Å². The molecule has 16 heteroatoms. The Hall–Kier alpha value is -6.06.